The van der Waals surface area contributed by atoms with Crippen molar-refractivity contribution in [1.29, 1.82) is 0 Å². The maximum atomic E-state index is 11.2. The van der Waals surface area contributed by atoms with E-state index in [0.717, 1.165) is 25.7 Å². The molecule has 1 heterocycles. The topological polar surface area (TPSA) is 91.2 Å². The van der Waals surface area contributed by atoms with Crippen molar-refractivity contribution in [2.24, 2.45) is 0 Å². The Labute approximate surface area is 128 Å². The lowest BCUT2D eigenvalue weighted by atomic mass is 10.2. The fourth-order valence-electron chi connectivity index (χ4n) is 1.86. The van der Waals surface area contributed by atoms with Crippen LogP contribution in [0.1, 0.15) is 25.7 Å². The molecule has 1 atom stereocenters. The number of nitro groups is 1. The van der Waals surface area contributed by atoms with Gasteiger partial charge in [-0.1, -0.05) is 0 Å². The fraction of sp³-hybridized carbons (Fsp3) is 0.533. The number of benzene rings is 1. The molecule has 22 heavy (non-hydrogen) atoms. The number of carbonyl (C=O) groups is 1. The van der Waals surface area contributed by atoms with Crippen LogP contribution >= 0.6 is 0 Å². The first kappa shape index (κ1) is 16.2. The van der Waals surface area contributed by atoms with Crippen molar-refractivity contribution in [3.63, 3.8) is 0 Å². The molecule has 0 N–H and O–H groups in total. The zero-order valence-corrected chi connectivity index (χ0v) is 12.2. The Morgan fingerprint density at radius 2 is 1.82 bits per heavy atom. The van der Waals surface area contributed by atoms with Gasteiger partial charge < -0.3 is 14.2 Å². The number of ether oxygens (including phenoxy) is 3. The first-order valence-electron chi connectivity index (χ1n) is 7.32. The van der Waals surface area contributed by atoms with Gasteiger partial charge in [0.05, 0.1) is 24.7 Å². The van der Waals surface area contributed by atoms with Gasteiger partial charge in [0, 0.05) is 12.1 Å². The lowest BCUT2D eigenvalue weighted by Crippen LogP contribution is -2.12. The normalized spacial score (nSPS) is 16.1. The Hall–Kier alpha value is -2.15. The predicted molar refractivity (Wildman–Crippen MR) is 77.8 cm³/mol. The van der Waals surface area contributed by atoms with Crippen LogP contribution in [0.4, 0.5) is 5.69 Å². The van der Waals surface area contributed by atoms with Crippen molar-refractivity contribution in [1.82, 2.24) is 0 Å². The minimum Gasteiger partial charge on any atom is -0.494 e. The molecule has 120 valence electrons. The number of epoxide rings is 1. The van der Waals surface area contributed by atoms with Crippen molar-refractivity contribution >= 4 is 11.7 Å². The Balaban J connectivity index is 1.46. The SMILES string of the molecule is O=C(OCCCCCCOc1ccc([N+](=O)[O-])cc1)C1CO1. The number of carbonyl (C=O) groups excluding carboxylic acids is 1. The molecule has 1 saturated heterocycles. The average molecular weight is 309 g/mol. The zero-order valence-electron chi connectivity index (χ0n) is 12.2. The van der Waals surface area contributed by atoms with Crippen LogP contribution in [0.3, 0.4) is 0 Å². The van der Waals surface area contributed by atoms with E-state index in [4.69, 9.17) is 14.2 Å². The third-order valence-corrected chi connectivity index (χ3v) is 3.20. The van der Waals surface area contributed by atoms with Gasteiger partial charge in [0.25, 0.3) is 5.69 Å². The summed E-state index contributed by atoms with van der Waals surface area (Å²) in [6.07, 6.45) is 3.33. The van der Waals surface area contributed by atoms with E-state index >= 15 is 0 Å². The van der Waals surface area contributed by atoms with Gasteiger partial charge in [-0.3, -0.25) is 10.1 Å². The molecule has 1 aliphatic heterocycles. The second kappa shape index (κ2) is 8.33. The maximum Gasteiger partial charge on any atom is 0.337 e. The first-order valence-corrected chi connectivity index (χ1v) is 7.32. The van der Waals surface area contributed by atoms with Gasteiger partial charge >= 0.3 is 5.97 Å². The zero-order chi connectivity index (χ0) is 15.8. The molecule has 1 aliphatic rings. The Morgan fingerprint density at radius 1 is 1.18 bits per heavy atom. The van der Waals surface area contributed by atoms with Gasteiger partial charge in [-0.05, 0) is 37.8 Å². The van der Waals surface area contributed by atoms with Gasteiger partial charge in [0.2, 0.25) is 0 Å². The standard InChI is InChI=1S/C15H19NO6/c17-15(14-11-22-14)21-10-4-2-1-3-9-20-13-7-5-12(6-8-13)16(18)19/h5-8,14H,1-4,9-11H2. The monoisotopic (exact) mass is 309 g/mol. The van der Waals surface area contributed by atoms with Crippen LogP contribution < -0.4 is 4.74 Å². The molecule has 7 nitrogen and oxygen atoms in total. The van der Waals surface area contributed by atoms with Crippen LogP contribution in [0.15, 0.2) is 24.3 Å². The molecule has 0 amide bonds. The third-order valence-electron chi connectivity index (χ3n) is 3.20. The van der Waals surface area contributed by atoms with Crippen molar-refractivity contribution in [3.8, 4) is 5.75 Å². The number of rotatable bonds is 10. The highest BCUT2D eigenvalue weighted by Crippen LogP contribution is 2.17. The van der Waals surface area contributed by atoms with Crippen molar-refractivity contribution in [2.45, 2.75) is 31.8 Å². The van der Waals surface area contributed by atoms with Crippen molar-refractivity contribution in [3.05, 3.63) is 34.4 Å². The number of hydrogen-bond donors (Lipinski definition) is 0. The van der Waals surface area contributed by atoms with Crippen LogP contribution in [0.2, 0.25) is 0 Å². The maximum absolute atomic E-state index is 11.2. The summed E-state index contributed by atoms with van der Waals surface area (Å²) in [5.74, 6) is 0.366. The van der Waals surface area contributed by atoms with E-state index in [9.17, 15) is 14.9 Å². The molecular formula is C15H19NO6. The number of hydrogen-bond acceptors (Lipinski definition) is 6. The van der Waals surface area contributed by atoms with Gasteiger partial charge in [-0.25, -0.2) is 4.79 Å². The quantitative estimate of drug-likeness (QED) is 0.217. The molecule has 0 saturated carbocycles. The molecule has 1 fully saturated rings. The number of unbranched alkanes of at least 4 members (excludes halogenated alkanes) is 3. The summed E-state index contributed by atoms with van der Waals surface area (Å²) < 4.78 is 15.3. The van der Waals surface area contributed by atoms with E-state index in [-0.39, 0.29) is 17.8 Å². The molecule has 0 bridgehead atoms. The highest BCUT2D eigenvalue weighted by molar-refractivity contribution is 5.76. The fourth-order valence-corrected chi connectivity index (χ4v) is 1.86. The van der Waals surface area contributed by atoms with E-state index in [0.29, 0.717) is 25.6 Å². The van der Waals surface area contributed by atoms with Crippen LogP contribution in [0, 0.1) is 10.1 Å². The van der Waals surface area contributed by atoms with Gasteiger partial charge in [0.15, 0.2) is 6.10 Å². The molecule has 0 aliphatic carbocycles. The molecule has 0 aromatic heterocycles. The van der Waals surface area contributed by atoms with Gasteiger partial charge in [0.1, 0.15) is 5.75 Å². The number of esters is 1. The molecule has 0 spiro atoms. The molecule has 2 rings (SSSR count). The Morgan fingerprint density at radius 3 is 2.41 bits per heavy atom. The molecule has 1 aromatic carbocycles. The van der Waals surface area contributed by atoms with Crippen LogP contribution in [-0.2, 0) is 14.3 Å². The summed E-state index contributed by atoms with van der Waals surface area (Å²) >= 11 is 0. The Bertz CT molecular complexity index is 497. The molecule has 0 radical (unpaired) electrons. The van der Waals surface area contributed by atoms with Gasteiger partial charge in [-0.15, -0.1) is 0 Å². The number of nitro benzene ring substituents is 1. The predicted octanol–water partition coefficient (Wildman–Crippen LogP) is 2.48. The number of non-ortho nitro benzene ring substituents is 1. The highest BCUT2D eigenvalue weighted by Gasteiger charge is 2.32. The number of nitrogens with zero attached hydrogens (tertiary/aromatic N) is 1. The lowest BCUT2D eigenvalue weighted by molar-refractivity contribution is -0.384. The minimum absolute atomic E-state index is 0.0542. The summed E-state index contributed by atoms with van der Waals surface area (Å²) in [4.78, 5) is 21.2. The van der Waals surface area contributed by atoms with Crippen LogP contribution in [0.5, 0.6) is 5.75 Å². The van der Waals surface area contributed by atoms with Gasteiger partial charge in [-0.2, -0.15) is 0 Å². The van der Waals surface area contributed by atoms with Crippen molar-refractivity contribution < 1.29 is 23.9 Å². The molecule has 7 heteroatoms. The second-order valence-electron chi connectivity index (χ2n) is 5.00. The second-order valence-corrected chi connectivity index (χ2v) is 5.00. The largest absolute Gasteiger partial charge is 0.494 e. The van der Waals surface area contributed by atoms with E-state index in [2.05, 4.69) is 0 Å². The smallest absolute Gasteiger partial charge is 0.337 e. The third kappa shape index (κ3) is 5.69. The van der Waals surface area contributed by atoms with Crippen LogP contribution in [0.25, 0.3) is 0 Å². The molecule has 1 unspecified atom stereocenters. The summed E-state index contributed by atoms with van der Waals surface area (Å²) in [5, 5.41) is 10.5. The summed E-state index contributed by atoms with van der Waals surface area (Å²) in [6.45, 7) is 1.48. The highest BCUT2D eigenvalue weighted by atomic mass is 16.6. The lowest BCUT2D eigenvalue weighted by Gasteiger charge is -2.06. The van der Waals surface area contributed by atoms with E-state index in [1.807, 2.05) is 0 Å². The van der Waals surface area contributed by atoms with E-state index < -0.39 is 4.92 Å². The summed E-state index contributed by atoms with van der Waals surface area (Å²) in [5.41, 5.74) is 0.0542. The van der Waals surface area contributed by atoms with E-state index in [1.54, 1.807) is 12.1 Å². The average Bonchev–Trinajstić information content (AvgIpc) is 3.35. The first-order chi connectivity index (χ1) is 10.7. The minimum atomic E-state index is -0.439. The molecule has 1 aromatic rings. The van der Waals surface area contributed by atoms with E-state index in [1.165, 1.54) is 12.1 Å². The van der Waals surface area contributed by atoms with Crippen LogP contribution in [-0.4, -0.2) is 36.8 Å². The molecular weight excluding hydrogens is 290 g/mol. The Kier molecular flexibility index (Phi) is 6.14. The summed E-state index contributed by atoms with van der Waals surface area (Å²) in [7, 11) is 0. The van der Waals surface area contributed by atoms with Crippen molar-refractivity contribution in [2.75, 3.05) is 19.8 Å². The summed E-state index contributed by atoms with van der Waals surface area (Å²) in [6, 6.07) is 6.04.